The van der Waals surface area contributed by atoms with E-state index in [0.29, 0.717) is 26.1 Å². The lowest BCUT2D eigenvalue weighted by atomic mass is 10.1. The van der Waals surface area contributed by atoms with Crippen molar-refractivity contribution >= 4 is 23.4 Å². The summed E-state index contributed by atoms with van der Waals surface area (Å²) in [7, 11) is 0. The molecule has 3 amide bonds. The minimum atomic E-state index is -0.318. The smallest absolute Gasteiger partial charge is 0.227 e. The summed E-state index contributed by atoms with van der Waals surface area (Å²) >= 11 is 0. The second-order valence-electron chi connectivity index (χ2n) is 6.69. The average Bonchev–Trinajstić information content (AvgIpc) is 2.96. The number of carbonyl (C=O) groups excluding carboxylic acids is 3. The van der Waals surface area contributed by atoms with Gasteiger partial charge in [0.1, 0.15) is 0 Å². The molecule has 0 bridgehead atoms. The fourth-order valence-corrected chi connectivity index (χ4v) is 3.13. The van der Waals surface area contributed by atoms with Crippen LogP contribution in [0.15, 0.2) is 30.3 Å². The van der Waals surface area contributed by atoms with Crippen molar-refractivity contribution < 1.29 is 14.4 Å². The first kappa shape index (κ1) is 19.0. The van der Waals surface area contributed by atoms with Crippen molar-refractivity contribution in [1.82, 2.24) is 10.2 Å². The van der Waals surface area contributed by atoms with E-state index in [1.54, 1.807) is 16.7 Å². The van der Waals surface area contributed by atoms with Crippen LogP contribution in [0, 0.1) is 5.92 Å². The van der Waals surface area contributed by atoms with Gasteiger partial charge in [0.2, 0.25) is 17.7 Å². The molecule has 1 heterocycles. The maximum atomic E-state index is 12.3. The van der Waals surface area contributed by atoms with E-state index in [2.05, 4.69) is 5.32 Å². The first-order chi connectivity index (χ1) is 11.9. The van der Waals surface area contributed by atoms with Crippen LogP contribution in [0.3, 0.4) is 0 Å². The van der Waals surface area contributed by atoms with Crippen molar-refractivity contribution in [2.45, 2.75) is 39.7 Å². The summed E-state index contributed by atoms with van der Waals surface area (Å²) in [5.41, 5.74) is 0.830. The van der Waals surface area contributed by atoms with Crippen LogP contribution in [0.25, 0.3) is 0 Å². The Morgan fingerprint density at radius 3 is 2.56 bits per heavy atom. The number of nitrogens with one attached hydrogen (secondary N) is 1. The minimum absolute atomic E-state index is 0.0195. The zero-order chi connectivity index (χ0) is 18.4. The molecular formula is C19H27N3O3. The van der Waals surface area contributed by atoms with E-state index < -0.39 is 0 Å². The van der Waals surface area contributed by atoms with Crippen molar-refractivity contribution in [2.75, 3.05) is 24.5 Å². The number of anilines is 1. The summed E-state index contributed by atoms with van der Waals surface area (Å²) in [6, 6.07) is 9.56. The van der Waals surface area contributed by atoms with Crippen molar-refractivity contribution in [3.63, 3.8) is 0 Å². The minimum Gasteiger partial charge on any atom is -0.356 e. The molecule has 1 atom stereocenters. The van der Waals surface area contributed by atoms with Crippen LogP contribution in [-0.4, -0.2) is 48.3 Å². The van der Waals surface area contributed by atoms with Gasteiger partial charge in [0, 0.05) is 44.7 Å². The van der Waals surface area contributed by atoms with Gasteiger partial charge in [0.15, 0.2) is 0 Å². The van der Waals surface area contributed by atoms with Gasteiger partial charge in [-0.25, -0.2) is 0 Å². The Hall–Kier alpha value is -2.37. The molecule has 25 heavy (non-hydrogen) atoms. The fourth-order valence-electron chi connectivity index (χ4n) is 3.13. The Morgan fingerprint density at radius 1 is 1.28 bits per heavy atom. The van der Waals surface area contributed by atoms with Crippen molar-refractivity contribution in [3.8, 4) is 0 Å². The number of para-hydroxylation sites is 1. The third-order valence-electron chi connectivity index (χ3n) is 4.47. The van der Waals surface area contributed by atoms with E-state index in [4.69, 9.17) is 0 Å². The number of nitrogens with zero attached hydrogens (tertiary/aromatic N) is 2. The number of benzene rings is 1. The van der Waals surface area contributed by atoms with Gasteiger partial charge in [-0.3, -0.25) is 14.4 Å². The highest BCUT2D eigenvalue weighted by molar-refractivity contribution is 6.00. The molecule has 1 fully saturated rings. The van der Waals surface area contributed by atoms with E-state index in [0.717, 1.165) is 5.69 Å². The normalized spacial score (nSPS) is 17.0. The lowest BCUT2D eigenvalue weighted by molar-refractivity contribution is -0.130. The largest absolute Gasteiger partial charge is 0.356 e. The van der Waals surface area contributed by atoms with Gasteiger partial charge in [0.25, 0.3) is 0 Å². The van der Waals surface area contributed by atoms with E-state index in [1.807, 2.05) is 44.2 Å². The molecule has 0 aliphatic carbocycles. The Balaban J connectivity index is 1.78. The molecule has 1 unspecified atom stereocenters. The predicted octanol–water partition coefficient (Wildman–Crippen LogP) is 1.80. The third-order valence-corrected chi connectivity index (χ3v) is 4.47. The van der Waals surface area contributed by atoms with Gasteiger partial charge in [-0.2, -0.15) is 0 Å². The number of carbonyl (C=O) groups is 3. The van der Waals surface area contributed by atoms with Gasteiger partial charge in [-0.1, -0.05) is 18.2 Å². The standard InChI is InChI=1S/C19H27N3O3/c1-14(2)21(15(3)23)11-7-10-20-19(25)16-12-18(24)22(13-16)17-8-5-4-6-9-17/h4-6,8-9,14,16H,7,10-13H2,1-3H3,(H,20,25). The van der Waals surface area contributed by atoms with Crippen LogP contribution in [0.2, 0.25) is 0 Å². The molecule has 136 valence electrons. The summed E-state index contributed by atoms with van der Waals surface area (Å²) < 4.78 is 0. The molecule has 1 aromatic rings. The molecule has 0 aromatic heterocycles. The monoisotopic (exact) mass is 345 g/mol. The fraction of sp³-hybridized carbons (Fsp3) is 0.526. The van der Waals surface area contributed by atoms with Gasteiger partial charge >= 0.3 is 0 Å². The van der Waals surface area contributed by atoms with Crippen LogP contribution in [0.1, 0.15) is 33.6 Å². The Morgan fingerprint density at radius 2 is 1.96 bits per heavy atom. The molecule has 6 heteroatoms. The van der Waals surface area contributed by atoms with Gasteiger partial charge in [0.05, 0.1) is 5.92 Å². The average molecular weight is 345 g/mol. The second-order valence-corrected chi connectivity index (χ2v) is 6.69. The summed E-state index contributed by atoms with van der Waals surface area (Å²) in [4.78, 5) is 39.4. The second kappa shape index (κ2) is 8.65. The Kier molecular flexibility index (Phi) is 6.56. The quantitative estimate of drug-likeness (QED) is 0.766. The van der Waals surface area contributed by atoms with E-state index >= 15 is 0 Å². The highest BCUT2D eigenvalue weighted by Gasteiger charge is 2.34. The molecule has 6 nitrogen and oxygen atoms in total. The van der Waals surface area contributed by atoms with Crippen molar-refractivity contribution in [1.29, 1.82) is 0 Å². The zero-order valence-electron chi connectivity index (χ0n) is 15.2. The maximum Gasteiger partial charge on any atom is 0.227 e. The van der Waals surface area contributed by atoms with E-state index in [1.165, 1.54) is 0 Å². The first-order valence-corrected chi connectivity index (χ1v) is 8.80. The summed E-state index contributed by atoms with van der Waals surface area (Å²) in [6.07, 6.45) is 0.943. The van der Waals surface area contributed by atoms with Gasteiger partial charge < -0.3 is 15.1 Å². The van der Waals surface area contributed by atoms with Gasteiger partial charge in [-0.15, -0.1) is 0 Å². The number of hydrogen-bond acceptors (Lipinski definition) is 3. The number of amides is 3. The van der Waals surface area contributed by atoms with Crippen LogP contribution in [0.5, 0.6) is 0 Å². The Labute approximate surface area is 149 Å². The van der Waals surface area contributed by atoms with Crippen LogP contribution in [0.4, 0.5) is 5.69 Å². The molecule has 1 aliphatic heterocycles. The lowest BCUT2D eigenvalue weighted by Gasteiger charge is -2.25. The summed E-state index contributed by atoms with van der Waals surface area (Å²) in [5.74, 6) is -0.387. The lowest BCUT2D eigenvalue weighted by Crippen LogP contribution is -2.38. The molecule has 0 spiro atoms. The van der Waals surface area contributed by atoms with Gasteiger partial charge in [-0.05, 0) is 32.4 Å². The summed E-state index contributed by atoms with van der Waals surface area (Å²) in [5, 5.41) is 2.89. The summed E-state index contributed by atoms with van der Waals surface area (Å²) in [6.45, 7) is 7.05. The van der Waals surface area contributed by atoms with Crippen LogP contribution in [-0.2, 0) is 14.4 Å². The van der Waals surface area contributed by atoms with E-state index in [9.17, 15) is 14.4 Å². The SMILES string of the molecule is CC(=O)N(CCCNC(=O)C1CC(=O)N(c2ccccc2)C1)C(C)C. The number of rotatable bonds is 7. The molecule has 0 saturated carbocycles. The van der Waals surface area contributed by atoms with Crippen molar-refractivity contribution in [3.05, 3.63) is 30.3 Å². The third kappa shape index (κ3) is 5.05. The molecule has 0 radical (unpaired) electrons. The molecule has 2 rings (SSSR count). The number of hydrogen-bond donors (Lipinski definition) is 1. The predicted molar refractivity (Wildman–Crippen MR) is 97.1 cm³/mol. The highest BCUT2D eigenvalue weighted by atomic mass is 16.2. The van der Waals surface area contributed by atoms with E-state index in [-0.39, 0.29) is 36.1 Å². The molecular weight excluding hydrogens is 318 g/mol. The molecule has 1 aliphatic rings. The highest BCUT2D eigenvalue weighted by Crippen LogP contribution is 2.24. The molecule has 1 N–H and O–H groups in total. The van der Waals surface area contributed by atoms with Crippen molar-refractivity contribution in [2.24, 2.45) is 5.92 Å². The van der Waals surface area contributed by atoms with Crippen LogP contribution < -0.4 is 10.2 Å². The molecule has 1 saturated heterocycles. The van der Waals surface area contributed by atoms with Crippen LogP contribution >= 0.6 is 0 Å². The zero-order valence-corrected chi connectivity index (χ0v) is 15.2. The topological polar surface area (TPSA) is 69.7 Å². The Bertz CT molecular complexity index is 616. The maximum absolute atomic E-state index is 12.3. The molecule has 1 aromatic carbocycles. The first-order valence-electron chi connectivity index (χ1n) is 8.80.